The number of hydrogen-bond donors (Lipinski definition) is 2. The maximum atomic E-state index is 12.9. The Morgan fingerprint density at radius 1 is 1.28 bits per heavy atom. The summed E-state index contributed by atoms with van der Waals surface area (Å²) >= 11 is 6.52. The summed E-state index contributed by atoms with van der Waals surface area (Å²) in [6.45, 7) is 3.19. The maximum absolute atomic E-state index is 12.9. The highest BCUT2D eigenvalue weighted by Crippen LogP contribution is 2.34. The van der Waals surface area contributed by atoms with Gasteiger partial charge in [-0.15, -0.1) is 11.3 Å². The first-order valence-electron chi connectivity index (χ1n) is 9.19. The van der Waals surface area contributed by atoms with Crippen molar-refractivity contribution in [2.75, 3.05) is 6.54 Å². The van der Waals surface area contributed by atoms with Crippen molar-refractivity contribution in [2.24, 2.45) is 0 Å². The van der Waals surface area contributed by atoms with Crippen LogP contribution in [0, 0.1) is 4.77 Å². The third-order valence-corrected chi connectivity index (χ3v) is 5.78. The van der Waals surface area contributed by atoms with Crippen LogP contribution >= 0.6 is 23.6 Å². The fourth-order valence-corrected chi connectivity index (χ4v) is 4.26. The smallest absolute Gasteiger partial charge is 0.263 e. The largest absolute Gasteiger partial charge is 0.462 e. The molecule has 3 heterocycles. The molecular weight excluding hydrogens is 406 g/mol. The topological polar surface area (TPSA) is 88.7 Å². The molecule has 0 saturated heterocycles. The van der Waals surface area contributed by atoms with Gasteiger partial charge in [-0.3, -0.25) is 9.89 Å². The van der Waals surface area contributed by atoms with E-state index in [2.05, 4.69) is 20.5 Å². The molecule has 4 rings (SSSR count). The highest BCUT2D eigenvalue weighted by Gasteiger charge is 2.21. The summed E-state index contributed by atoms with van der Waals surface area (Å²) in [6.07, 6.45) is 2.18. The molecule has 0 aliphatic carbocycles. The van der Waals surface area contributed by atoms with E-state index in [0.717, 1.165) is 17.9 Å². The molecule has 0 atom stereocenters. The van der Waals surface area contributed by atoms with Gasteiger partial charge in [0.1, 0.15) is 10.7 Å². The van der Waals surface area contributed by atoms with Gasteiger partial charge in [-0.05, 0) is 31.3 Å². The number of thiazole rings is 1. The Labute approximate surface area is 176 Å². The van der Waals surface area contributed by atoms with E-state index in [1.807, 2.05) is 47.9 Å². The first-order chi connectivity index (χ1) is 14.2. The Balaban J connectivity index is 1.56. The number of amides is 1. The van der Waals surface area contributed by atoms with E-state index in [0.29, 0.717) is 39.1 Å². The van der Waals surface area contributed by atoms with Crippen molar-refractivity contribution < 1.29 is 9.21 Å². The van der Waals surface area contributed by atoms with Crippen LogP contribution in [0.25, 0.3) is 22.0 Å². The summed E-state index contributed by atoms with van der Waals surface area (Å²) in [5.74, 6) is 1.29. The van der Waals surface area contributed by atoms with Crippen LogP contribution in [-0.4, -0.2) is 32.2 Å². The van der Waals surface area contributed by atoms with Crippen LogP contribution in [0.5, 0.6) is 0 Å². The Morgan fingerprint density at radius 2 is 2.10 bits per heavy atom. The molecule has 3 aromatic heterocycles. The SMILES string of the molecule is CCn1c(CCNC(=O)c2sc(-c3ccco3)nc2-c2ccccc2)n[nH]c1=S. The van der Waals surface area contributed by atoms with E-state index in [4.69, 9.17) is 16.6 Å². The molecule has 0 spiro atoms. The second kappa shape index (κ2) is 8.54. The molecule has 2 N–H and O–H groups in total. The predicted octanol–water partition coefficient (Wildman–Crippen LogP) is 4.32. The number of hydrogen-bond acceptors (Lipinski definition) is 6. The summed E-state index contributed by atoms with van der Waals surface area (Å²) in [5, 5.41) is 10.7. The molecule has 7 nitrogen and oxygen atoms in total. The molecule has 0 unspecified atom stereocenters. The summed E-state index contributed by atoms with van der Waals surface area (Å²) in [6, 6.07) is 13.3. The van der Waals surface area contributed by atoms with Gasteiger partial charge < -0.3 is 14.3 Å². The van der Waals surface area contributed by atoms with Crippen LogP contribution < -0.4 is 5.32 Å². The monoisotopic (exact) mass is 425 g/mol. The van der Waals surface area contributed by atoms with Gasteiger partial charge in [0, 0.05) is 25.1 Å². The fourth-order valence-electron chi connectivity index (χ4n) is 3.01. The van der Waals surface area contributed by atoms with Crippen LogP contribution in [0.15, 0.2) is 53.1 Å². The highest BCUT2D eigenvalue weighted by molar-refractivity contribution is 7.71. The van der Waals surface area contributed by atoms with Crippen molar-refractivity contribution in [3.63, 3.8) is 0 Å². The van der Waals surface area contributed by atoms with Crippen molar-refractivity contribution in [2.45, 2.75) is 19.9 Å². The van der Waals surface area contributed by atoms with Crippen LogP contribution in [-0.2, 0) is 13.0 Å². The molecule has 0 saturated carbocycles. The zero-order valence-electron chi connectivity index (χ0n) is 15.7. The molecule has 29 heavy (non-hydrogen) atoms. The third-order valence-electron chi connectivity index (χ3n) is 4.40. The normalized spacial score (nSPS) is 10.9. The third kappa shape index (κ3) is 4.06. The second-order valence-electron chi connectivity index (χ2n) is 6.24. The number of carbonyl (C=O) groups is 1. The summed E-state index contributed by atoms with van der Waals surface area (Å²) in [5.41, 5.74) is 1.54. The number of furan rings is 1. The van der Waals surface area contributed by atoms with Gasteiger partial charge in [-0.1, -0.05) is 30.3 Å². The number of aromatic amines is 1. The predicted molar refractivity (Wildman–Crippen MR) is 114 cm³/mol. The molecule has 0 bridgehead atoms. The first kappa shape index (κ1) is 19.3. The number of nitrogens with zero attached hydrogens (tertiary/aromatic N) is 3. The van der Waals surface area contributed by atoms with Gasteiger partial charge in [-0.25, -0.2) is 4.98 Å². The quantitative estimate of drug-likeness (QED) is 0.431. The van der Waals surface area contributed by atoms with Crippen LogP contribution in [0.1, 0.15) is 22.4 Å². The summed E-state index contributed by atoms with van der Waals surface area (Å²) in [7, 11) is 0. The summed E-state index contributed by atoms with van der Waals surface area (Å²) < 4.78 is 7.97. The van der Waals surface area contributed by atoms with Crippen LogP contribution in [0.3, 0.4) is 0 Å². The van der Waals surface area contributed by atoms with E-state index in [-0.39, 0.29) is 5.91 Å². The number of aromatic nitrogens is 4. The molecule has 1 amide bonds. The van der Waals surface area contributed by atoms with Crippen molar-refractivity contribution in [1.29, 1.82) is 0 Å². The average molecular weight is 426 g/mol. The molecule has 0 fully saturated rings. The number of rotatable bonds is 7. The zero-order chi connectivity index (χ0) is 20.2. The second-order valence-corrected chi connectivity index (χ2v) is 7.62. The van der Waals surface area contributed by atoms with Crippen LogP contribution in [0.2, 0.25) is 0 Å². The lowest BCUT2D eigenvalue weighted by Crippen LogP contribution is -2.26. The van der Waals surface area contributed by atoms with E-state index in [1.54, 1.807) is 12.3 Å². The molecule has 148 valence electrons. The number of carbonyl (C=O) groups excluding carboxylic acids is 1. The van der Waals surface area contributed by atoms with Crippen molar-refractivity contribution >= 4 is 29.5 Å². The Hall–Kier alpha value is -3.04. The standard InChI is InChI=1S/C20H19N5O2S2/c1-2-25-15(23-24-20(25)28)10-11-21-18(26)17-16(13-7-4-3-5-8-13)22-19(29-17)14-9-6-12-27-14/h3-9,12H,2,10-11H2,1H3,(H,21,26)(H,24,28). The molecule has 0 radical (unpaired) electrons. The molecule has 0 aliphatic rings. The Kier molecular flexibility index (Phi) is 5.68. The van der Waals surface area contributed by atoms with Crippen LogP contribution in [0.4, 0.5) is 0 Å². The Morgan fingerprint density at radius 3 is 2.83 bits per heavy atom. The van der Waals surface area contributed by atoms with E-state index < -0.39 is 0 Å². The minimum absolute atomic E-state index is 0.170. The van der Waals surface area contributed by atoms with E-state index >= 15 is 0 Å². The summed E-state index contributed by atoms with van der Waals surface area (Å²) in [4.78, 5) is 18.2. The van der Waals surface area contributed by atoms with Gasteiger partial charge >= 0.3 is 0 Å². The van der Waals surface area contributed by atoms with E-state index in [9.17, 15) is 4.79 Å². The highest BCUT2D eigenvalue weighted by atomic mass is 32.1. The van der Waals surface area contributed by atoms with Gasteiger partial charge in [0.05, 0.1) is 12.0 Å². The molecular formula is C20H19N5O2S2. The lowest BCUT2D eigenvalue weighted by Gasteiger charge is -2.06. The lowest BCUT2D eigenvalue weighted by atomic mass is 10.1. The van der Waals surface area contributed by atoms with Gasteiger partial charge in [0.15, 0.2) is 15.5 Å². The minimum Gasteiger partial charge on any atom is -0.462 e. The number of H-pyrrole nitrogens is 1. The first-order valence-corrected chi connectivity index (χ1v) is 10.4. The maximum Gasteiger partial charge on any atom is 0.263 e. The molecule has 9 heteroatoms. The fraction of sp³-hybridized carbons (Fsp3) is 0.200. The molecule has 4 aromatic rings. The minimum atomic E-state index is -0.170. The Bertz CT molecular complexity index is 1160. The van der Waals surface area contributed by atoms with E-state index in [1.165, 1.54) is 11.3 Å². The van der Waals surface area contributed by atoms with Gasteiger partial charge in [-0.2, -0.15) is 5.10 Å². The number of nitrogens with one attached hydrogen (secondary N) is 2. The molecule has 0 aliphatic heterocycles. The lowest BCUT2D eigenvalue weighted by molar-refractivity contribution is 0.0958. The van der Waals surface area contributed by atoms with Crippen molar-refractivity contribution in [3.05, 3.63) is 64.2 Å². The molecule has 1 aromatic carbocycles. The van der Waals surface area contributed by atoms with Crippen molar-refractivity contribution in [3.8, 4) is 22.0 Å². The van der Waals surface area contributed by atoms with Crippen molar-refractivity contribution in [1.82, 2.24) is 25.1 Å². The van der Waals surface area contributed by atoms with Gasteiger partial charge in [0.2, 0.25) is 0 Å². The number of benzene rings is 1. The zero-order valence-corrected chi connectivity index (χ0v) is 17.3. The van der Waals surface area contributed by atoms with Gasteiger partial charge in [0.25, 0.3) is 5.91 Å². The average Bonchev–Trinajstić information content (AvgIpc) is 3.48.